The number of nitrogens with zero attached hydrogens (tertiary/aromatic N) is 1. The van der Waals surface area contributed by atoms with Crippen molar-refractivity contribution >= 4 is 26.0 Å². The summed E-state index contributed by atoms with van der Waals surface area (Å²) in [6, 6.07) is 4.80. The Balaban J connectivity index is 2.73. The second-order valence-electron chi connectivity index (χ2n) is 4.75. The second kappa shape index (κ2) is 8.85. The van der Waals surface area contributed by atoms with Gasteiger partial charge in [0, 0.05) is 17.6 Å². The fourth-order valence-electron chi connectivity index (χ4n) is 2.01. The summed E-state index contributed by atoms with van der Waals surface area (Å²) in [4.78, 5) is 2.36. The minimum Gasteiger partial charge on any atom is -0.392 e. The van der Waals surface area contributed by atoms with Crippen molar-refractivity contribution in [3.8, 4) is 0 Å². The number of benzene rings is 1. The number of halogens is 1. The van der Waals surface area contributed by atoms with E-state index >= 15 is 0 Å². The summed E-state index contributed by atoms with van der Waals surface area (Å²) in [5, 5.41) is 9.12. The average molecular weight is 379 g/mol. The van der Waals surface area contributed by atoms with Crippen LogP contribution in [0.1, 0.15) is 25.8 Å². The first-order valence-corrected chi connectivity index (χ1v) is 9.33. The molecule has 1 aromatic carbocycles. The van der Waals surface area contributed by atoms with Gasteiger partial charge in [-0.1, -0.05) is 19.9 Å². The first kappa shape index (κ1) is 18.6. The molecular formula is C14H23BrN2O3S. The van der Waals surface area contributed by atoms with Crippen LogP contribution in [-0.4, -0.2) is 44.6 Å². The molecule has 0 aliphatic carbocycles. The zero-order valence-electron chi connectivity index (χ0n) is 12.5. The molecule has 0 heterocycles. The summed E-state index contributed by atoms with van der Waals surface area (Å²) in [6.07, 6.45) is 1.05. The Morgan fingerprint density at radius 2 is 2.00 bits per heavy atom. The molecule has 0 aliphatic rings. The highest BCUT2D eigenvalue weighted by Crippen LogP contribution is 2.23. The summed E-state index contributed by atoms with van der Waals surface area (Å²) in [5.74, 6) is 0. The van der Waals surface area contributed by atoms with E-state index in [0.29, 0.717) is 23.1 Å². The number of nitrogens with one attached hydrogen (secondary N) is 1. The molecule has 0 unspecified atom stereocenters. The summed E-state index contributed by atoms with van der Waals surface area (Å²) < 4.78 is 27.7. The normalized spacial score (nSPS) is 12.0. The van der Waals surface area contributed by atoms with Gasteiger partial charge in [-0.3, -0.25) is 0 Å². The Hall–Kier alpha value is -0.470. The second-order valence-corrected chi connectivity index (χ2v) is 7.34. The average Bonchev–Trinajstić information content (AvgIpc) is 2.46. The lowest BCUT2D eigenvalue weighted by atomic mass is 10.2. The highest BCUT2D eigenvalue weighted by Gasteiger charge is 2.18. The number of sulfonamides is 1. The summed E-state index contributed by atoms with van der Waals surface area (Å²) >= 11 is 3.24. The van der Waals surface area contributed by atoms with E-state index in [1.54, 1.807) is 12.1 Å². The molecule has 0 atom stereocenters. The van der Waals surface area contributed by atoms with Crippen molar-refractivity contribution in [3.05, 3.63) is 28.2 Å². The van der Waals surface area contributed by atoms with E-state index in [-0.39, 0.29) is 11.5 Å². The van der Waals surface area contributed by atoms with E-state index in [9.17, 15) is 8.42 Å². The van der Waals surface area contributed by atoms with E-state index in [1.807, 2.05) is 0 Å². The number of rotatable bonds is 9. The monoisotopic (exact) mass is 378 g/mol. The van der Waals surface area contributed by atoms with Gasteiger partial charge in [-0.25, -0.2) is 13.1 Å². The number of hydrogen-bond donors (Lipinski definition) is 2. The van der Waals surface area contributed by atoms with Crippen LogP contribution in [0.4, 0.5) is 0 Å². The molecule has 5 nitrogen and oxygen atoms in total. The first-order valence-electron chi connectivity index (χ1n) is 7.05. The third-order valence-corrected chi connectivity index (χ3v) is 5.63. The number of aliphatic hydroxyl groups excluding tert-OH is 1. The van der Waals surface area contributed by atoms with Gasteiger partial charge >= 0.3 is 0 Å². The molecule has 21 heavy (non-hydrogen) atoms. The molecule has 0 saturated carbocycles. The van der Waals surface area contributed by atoms with Crippen LogP contribution in [0.5, 0.6) is 0 Å². The smallest absolute Gasteiger partial charge is 0.241 e. The largest absolute Gasteiger partial charge is 0.392 e. The van der Waals surface area contributed by atoms with Gasteiger partial charge in [0.2, 0.25) is 10.0 Å². The van der Waals surface area contributed by atoms with Crippen LogP contribution < -0.4 is 4.72 Å². The van der Waals surface area contributed by atoms with Crippen molar-refractivity contribution < 1.29 is 13.5 Å². The highest BCUT2D eigenvalue weighted by molar-refractivity contribution is 9.10. The third kappa shape index (κ3) is 5.67. The molecule has 0 spiro atoms. The van der Waals surface area contributed by atoms with Crippen molar-refractivity contribution in [1.82, 2.24) is 9.62 Å². The zero-order valence-corrected chi connectivity index (χ0v) is 14.9. The number of hydrogen-bond acceptors (Lipinski definition) is 4. The van der Waals surface area contributed by atoms with Crippen molar-refractivity contribution in [2.75, 3.05) is 26.2 Å². The van der Waals surface area contributed by atoms with Crippen LogP contribution in [0.25, 0.3) is 0 Å². The molecule has 1 aromatic rings. The maximum absolute atomic E-state index is 12.3. The van der Waals surface area contributed by atoms with Crippen molar-refractivity contribution in [3.63, 3.8) is 0 Å². The Bertz CT molecular complexity index is 549. The molecule has 0 amide bonds. The molecule has 0 radical (unpaired) electrons. The lowest BCUT2D eigenvalue weighted by molar-refractivity contribution is 0.281. The summed E-state index contributed by atoms with van der Waals surface area (Å²) in [6.45, 7) is 6.89. The quantitative estimate of drug-likeness (QED) is 0.688. The van der Waals surface area contributed by atoms with Crippen LogP contribution in [0, 0.1) is 0 Å². The predicted molar refractivity (Wildman–Crippen MR) is 87.7 cm³/mol. The topological polar surface area (TPSA) is 69.6 Å². The maximum atomic E-state index is 12.3. The molecule has 0 bridgehead atoms. The molecule has 120 valence electrons. The summed E-state index contributed by atoms with van der Waals surface area (Å²) in [7, 11) is -3.58. The molecule has 7 heteroatoms. The van der Waals surface area contributed by atoms with E-state index in [0.717, 1.165) is 19.5 Å². The zero-order chi connectivity index (χ0) is 15.9. The van der Waals surface area contributed by atoms with Crippen molar-refractivity contribution in [2.24, 2.45) is 0 Å². The van der Waals surface area contributed by atoms with E-state index < -0.39 is 10.0 Å². The first-order chi connectivity index (χ1) is 9.94. The molecule has 0 aromatic heterocycles. The fourth-order valence-corrected chi connectivity index (χ4v) is 4.04. The molecule has 0 saturated heterocycles. The lowest BCUT2D eigenvalue weighted by Gasteiger charge is -2.19. The van der Waals surface area contributed by atoms with Gasteiger partial charge in [-0.15, -0.1) is 0 Å². The highest BCUT2D eigenvalue weighted by atomic mass is 79.9. The van der Waals surface area contributed by atoms with Crippen molar-refractivity contribution in [2.45, 2.75) is 31.8 Å². The minimum atomic E-state index is -3.58. The Labute approximate surface area is 135 Å². The van der Waals surface area contributed by atoms with Gasteiger partial charge in [0.15, 0.2) is 0 Å². The van der Waals surface area contributed by atoms with Gasteiger partial charge in [0.05, 0.1) is 11.5 Å². The molecule has 1 rings (SSSR count). The van der Waals surface area contributed by atoms with Crippen LogP contribution >= 0.6 is 15.9 Å². The molecule has 0 fully saturated rings. The van der Waals surface area contributed by atoms with Crippen LogP contribution in [0.2, 0.25) is 0 Å². The number of aliphatic hydroxyl groups is 1. The Morgan fingerprint density at radius 1 is 1.29 bits per heavy atom. The van der Waals surface area contributed by atoms with Crippen LogP contribution in [-0.2, 0) is 16.6 Å². The SMILES string of the molecule is CCCN(CC)CCNS(=O)(=O)c1cc(CO)ccc1Br. The van der Waals surface area contributed by atoms with Crippen LogP contribution in [0.15, 0.2) is 27.6 Å². The number of likely N-dealkylation sites (N-methyl/N-ethyl adjacent to an activating group) is 1. The fraction of sp³-hybridized carbons (Fsp3) is 0.571. The lowest BCUT2D eigenvalue weighted by Crippen LogP contribution is -2.35. The predicted octanol–water partition coefficient (Wildman–Crippen LogP) is 1.95. The van der Waals surface area contributed by atoms with Gasteiger partial charge in [-0.2, -0.15) is 0 Å². The van der Waals surface area contributed by atoms with Gasteiger partial charge in [-0.05, 0) is 53.1 Å². The van der Waals surface area contributed by atoms with E-state index in [1.165, 1.54) is 6.07 Å². The van der Waals surface area contributed by atoms with Crippen LogP contribution in [0.3, 0.4) is 0 Å². The maximum Gasteiger partial charge on any atom is 0.241 e. The van der Waals surface area contributed by atoms with Crippen molar-refractivity contribution in [1.29, 1.82) is 0 Å². The van der Waals surface area contributed by atoms with E-state index in [4.69, 9.17) is 5.11 Å². The van der Waals surface area contributed by atoms with Gasteiger partial charge in [0.25, 0.3) is 0 Å². The van der Waals surface area contributed by atoms with Gasteiger partial charge in [0.1, 0.15) is 0 Å². The Kier molecular flexibility index (Phi) is 7.83. The Morgan fingerprint density at radius 3 is 2.57 bits per heavy atom. The van der Waals surface area contributed by atoms with E-state index in [2.05, 4.69) is 39.4 Å². The minimum absolute atomic E-state index is 0.160. The van der Waals surface area contributed by atoms with Gasteiger partial charge < -0.3 is 10.0 Å². The third-order valence-electron chi connectivity index (χ3n) is 3.17. The summed E-state index contributed by atoms with van der Waals surface area (Å²) in [5.41, 5.74) is 0.569. The standard InChI is InChI=1S/C14H23BrN2O3S/c1-3-8-17(4-2)9-7-16-21(19,20)14-10-12(11-18)5-6-13(14)15/h5-6,10,16,18H,3-4,7-9,11H2,1-2H3. The molecule has 2 N–H and O–H groups in total. The molecule has 0 aliphatic heterocycles. The molecular weight excluding hydrogens is 356 g/mol.